The summed E-state index contributed by atoms with van der Waals surface area (Å²) in [5.74, 6) is 0.180. The molecule has 0 bridgehead atoms. The second-order valence-electron chi connectivity index (χ2n) is 5.48. The number of carbonyl (C=O) groups excluding carboxylic acids is 1. The molecule has 1 fully saturated rings. The number of ketones is 1. The number of hydrogen-bond acceptors (Lipinski definition) is 4. The summed E-state index contributed by atoms with van der Waals surface area (Å²) in [4.78, 5) is 17.6. The van der Waals surface area contributed by atoms with Crippen LogP contribution in [-0.4, -0.2) is 23.5 Å². The van der Waals surface area contributed by atoms with E-state index in [0.29, 0.717) is 12.5 Å². The van der Waals surface area contributed by atoms with Crippen molar-refractivity contribution in [2.45, 2.75) is 43.1 Å². The number of benzene rings is 1. The number of pyridine rings is 1. The Bertz CT molecular complexity index is 650. The van der Waals surface area contributed by atoms with E-state index in [1.807, 2.05) is 24.3 Å². The molecule has 0 radical (unpaired) electrons. The van der Waals surface area contributed by atoms with E-state index in [9.17, 15) is 4.79 Å². The largest absolute Gasteiger partial charge is 0.378 e. The molecule has 21 heavy (non-hydrogen) atoms. The van der Waals surface area contributed by atoms with Crippen molar-refractivity contribution in [2.24, 2.45) is 0 Å². The van der Waals surface area contributed by atoms with Crippen LogP contribution in [0.15, 0.2) is 35.4 Å². The first kappa shape index (κ1) is 14.5. The Morgan fingerprint density at radius 1 is 1.38 bits per heavy atom. The third-order valence-electron chi connectivity index (χ3n) is 4.00. The highest BCUT2D eigenvalue weighted by atomic mass is 32.1. The summed E-state index contributed by atoms with van der Waals surface area (Å²) in [6, 6.07) is 7.55. The van der Waals surface area contributed by atoms with Gasteiger partial charge in [0.05, 0.1) is 11.6 Å². The summed E-state index contributed by atoms with van der Waals surface area (Å²) in [5.41, 5.74) is 1.55. The van der Waals surface area contributed by atoms with Gasteiger partial charge in [0.15, 0.2) is 5.78 Å². The highest BCUT2D eigenvalue weighted by Gasteiger charge is 2.16. The number of aromatic nitrogens is 1. The fourth-order valence-corrected chi connectivity index (χ4v) is 3.16. The SMILES string of the molecule is O=C(CCCC1CCCO1)c1ccnc2c(S)cccc12. The van der Waals surface area contributed by atoms with Crippen molar-refractivity contribution in [2.75, 3.05) is 6.61 Å². The maximum Gasteiger partial charge on any atom is 0.163 e. The number of rotatable bonds is 5. The quantitative estimate of drug-likeness (QED) is 0.669. The van der Waals surface area contributed by atoms with Crippen LogP contribution in [0.2, 0.25) is 0 Å². The van der Waals surface area contributed by atoms with Crippen LogP contribution in [0.5, 0.6) is 0 Å². The first-order valence-electron chi connectivity index (χ1n) is 7.47. The molecule has 110 valence electrons. The number of para-hydroxylation sites is 1. The van der Waals surface area contributed by atoms with Gasteiger partial charge < -0.3 is 4.74 Å². The lowest BCUT2D eigenvalue weighted by Gasteiger charge is -2.09. The number of fused-ring (bicyclic) bond motifs is 1. The average molecular weight is 301 g/mol. The first-order valence-corrected chi connectivity index (χ1v) is 7.92. The summed E-state index contributed by atoms with van der Waals surface area (Å²) >= 11 is 4.41. The lowest BCUT2D eigenvalue weighted by molar-refractivity contribution is 0.0924. The van der Waals surface area contributed by atoms with Crippen LogP contribution in [0.1, 0.15) is 42.5 Å². The summed E-state index contributed by atoms with van der Waals surface area (Å²) in [6.07, 6.45) is 6.76. The fourth-order valence-electron chi connectivity index (χ4n) is 2.90. The topological polar surface area (TPSA) is 39.2 Å². The Kier molecular flexibility index (Phi) is 4.56. The molecule has 1 unspecified atom stereocenters. The van der Waals surface area contributed by atoms with E-state index >= 15 is 0 Å². The van der Waals surface area contributed by atoms with Crippen LogP contribution >= 0.6 is 12.6 Å². The normalized spacial score (nSPS) is 18.2. The molecule has 1 aliphatic heterocycles. The number of thiol groups is 1. The van der Waals surface area contributed by atoms with Crippen molar-refractivity contribution in [1.29, 1.82) is 0 Å². The van der Waals surface area contributed by atoms with E-state index in [4.69, 9.17) is 4.74 Å². The van der Waals surface area contributed by atoms with E-state index in [1.165, 1.54) is 0 Å². The molecule has 1 aromatic heterocycles. The molecule has 3 nitrogen and oxygen atoms in total. The maximum absolute atomic E-state index is 12.5. The fraction of sp³-hybridized carbons (Fsp3) is 0.412. The van der Waals surface area contributed by atoms with E-state index < -0.39 is 0 Å². The minimum absolute atomic E-state index is 0.180. The van der Waals surface area contributed by atoms with E-state index in [-0.39, 0.29) is 5.78 Å². The van der Waals surface area contributed by atoms with Crippen LogP contribution < -0.4 is 0 Å². The summed E-state index contributed by atoms with van der Waals surface area (Å²) in [7, 11) is 0. The first-order chi connectivity index (χ1) is 10.3. The zero-order chi connectivity index (χ0) is 14.7. The molecule has 4 heteroatoms. The summed E-state index contributed by atoms with van der Waals surface area (Å²) < 4.78 is 5.60. The van der Waals surface area contributed by atoms with E-state index in [2.05, 4.69) is 17.6 Å². The molecule has 1 atom stereocenters. The zero-order valence-corrected chi connectivity index (χ0v) is 12.8. The molecular formula is C17H19NO2S. The van der Waals surface area contributed by atoms with Crippen molar-refractivity contribution in [3.63, 3.8) is 0 Å². The number of Topliss-reactive ketones (excluding diaryl/α,β-unsaturated/α-hetero) is 1. The Hall–Kier alpha value is -1.39. The Balaban J connectivity index is 1.71. The van der Waals surface area contributed by atoms with Gasteiger partial charge in [-0.05, 0) is 37.8 Å². The average Bonchev–Trinajstić information content (AvgIpc) is 3.00. The van der Waals surface area contributed by atoms with Crippen molar-refractivity contribution < 1.29 is 9.53 Å². The zero-order valence-electron chi connectivity index (χ0n) is 11.9. The molecular weight excluding hydrogens is 282 g/mol. The second kappa shape index (κ2) is 6.58. The number of nitrogens with zero attached hydrogens (tertiary/aromatic N) is 1. The smallest absolute Gasteiger partial charge is 0.163 e. The minimum Gasteiger partial charge on any atom is -0.378 e. The molecule has 1 aliphatic rings. The van der Waals surface area contributed by atoms with E-state index in [0.717, 1.165) is 53.7 Å². The Labute approximate surface area is 130 Å². The van der Waals surface area contributed by atoms with Crippen molar-refractivity contribution in [1.82, 2.24) is 4.98 Å². The molecule has 3 rings (SSSR count). The standard InChI is InChI=1S/C17H19NO2S/c19-15(7-1-4-12-5-3-11-20-12)13-9-10-18-17-14(13)6-2-8-16(17)21/h2,6,8-10,12,21H,1,3-5,7,11H2. The van der Waals surface area contributed by atoms with Crippen LogP contribution in [0.4, 0.5) is 0 Å². The third kappa shape index (κ3) is 3.27. The Morgan fingerprint density at radius 2 is 2.29 bits per heavy atom. The molecule has 0 amide bonds. The molecule has 0 aliphatic carbocycles. The van der Waals surface area contributed by atoms with Gasteiger partial charge in [-0.15, -0.1) is 12.6 Å². The molecule has 2 aromatic rings. The van der Waals surface area contributed by atoms with Crippen molar-refractivity contribution in [3.8, 4) is 0 Å². The minimum atomic E-state index is 0.180. The van der Waals surface area contributed by atoms with Gasteiger partial charge in [-0.2, -0.15) is 0 Å². The molecule has 1 saturated heterocycles. The summed E-state index contributed by atoms with van der Waals surface area (Å²) in [5, 5.41) is 0.895. The van der Waals surface area contributed by atoms with Gasteiger partial charge >= 0.3 is 0 Å². The van der Waals surface area contributed by atoms with Gasteiger partial charge in [0.1, 0.15) is 0 Å². The van der Waals surface area contributed by atoms with Gasteiger partial charge in [0.25, 0.3) is 0 Å². The second-order valence-corrected chi connectivity index (χ2v) is 5.96. The van der Waals surface area contributed by atoms with Crippen molar-refractivity contribution >= 4 is 29.3 Å². The molecule has 0 saturated carbocycles. The lowest BCUT2D eigenvalue weighted by Crippen LogP contribution is -2.07. The number of ether oxygens (including phenoxy) is 1. The predicted molar refractivity (Wildman–Crippen MR) is 86.2 cm³/mol. The highest BCUT2D eigenvalue weighted by molar-refractivity contribution is 7.80. The molecule has 0 N–H and O–H groups in total. The van der Waals surface area contributed by atoms with Crippen LogP contribution in [0.25, 0.3) is 10.9 Å². The van der Waals surface area contributed by atoms with E-state index in [1.54, 1.807) is 6.20 Å². The third-order valence-corrected chi connectivity index (χ3v) is 4.36. The number of hydrogen-bond donors (Lipinski definition) is 1. The Morgan fingerprint density at radius 3 is 3.10 bits per heavy atom. The van der Waals surface area contributed by atoms with Gasteiger partial charge in [-0.3, -0.25) is 9.78 Å². The molecule has 0 spiro atoms. The van der Waals surface area contributed by atoms with Crippen LogP contribution in [0, 0.1) is 0 Å². The van der Waals surface area contributed by atoms with Crippen LogP contribution in [0.3, 0.4) is 0 Å². The lowest BCUT2D eigenvalue weighted by atomic mass is 10.00. The van der Waals surface area contributed by atoms with Gasteiger partial charge in [-0.25, -0.2) is 0 Å². The molecule has 1 aromatic carbocycles. The van der Waals surface area contributed by atoms with Gasteiger partial charge in [0, 0.05) is 35.1 Å². The predicted octanol–water partition coefficient (Wildman–Crippen LogP) is 4.06. The summed E-state index contributed by atoms with van der Waals surface area (Å²) in [6.45, 7) is 0.873. The van der Waals surface area contributed by atoms with Gasteiger partial charge in [0.2, 0.25) is 0 Å². The molecule has 2 heterocycles. The monoisotopic (exact) mass is 301 g/mol. The van der Waals surface area contributed by atoms with Crippen LogP contribution in [-0.2, 0) is 4.74 Å². The highest BCUT2D eigenvalue weighted by Crippen LogP contribution is 2.24. The van der Waals surface area contributed by atoms with Gasteiger partial charge in [-0.1, -0.05) is 12.1 Å². The van der Waals surface area contributed by atoms with Crippen molar-refractivity contribution in [3.05, 3.63) is 36.0 Å². The maximum atomic E-state index is 12.5. The number of carbonyl (C=O) groups is 1.